The smallest absolute Gasteiger partial charge is 0.330 e. The fraction of sp³-hybridized carbons (Fsp3) is 0.160. The van der Waals surface area contributed by atoms with Crippen molar-refractivity contribution in [1.29, 1.82) is 0 Å². The monoisotopic (exact) mass is 531 g/mol. The molecule has 3 aromatic carbocycles. The predicted molar refractivity (Wildman–Crippen MR) is 137 cm³/mol. The fourth-order valence-corrected chi connectivity index (χ4v) is 4.30. The summed E-state index contributed by atoms with van der Waals surface area (Å²) in [5.41, 5.74) is 3.62. The number of carbonyl (C=O) groups is 1. The molecule has 0 fully saturated rings. The van der Waals surface area contributed by atoms with Crippen LogP contribution < -0.4 is 10.1 Å². The summed E-state index contributed by atoms with van der Waals surface area (Å²) in [6.07, 6.45) is 3.18. The molecule has 0 saturated carbocycles. The molecule has 0 radical (unpaired) electrons. The molecule has 0 aromatic heterocycles. The number of hydrogen-bond donors (Lipinski definition) is 1. The maximum atomic E-state index is 11.9. The number of methoxy groups -OCH3 is 1. The second-order valence-corrected chi connectivity index (χ2v) is 9.01. The van der Waals surface area contributed by atoms with Gasteiger partial charge in [0.2, 0.25) is 0 Å². The van der Waals surface area contributed by atoms with Crippen LogP contribution >= 0.6 is 39.3 Å². The highest BCUT2D eigenvalue weighted by molar-refractivity contribution is 9.10. The normalized spacial score (nSPS) is 10.9. The molecule has 0 unspecified atom stereocenters. The Morgan fingerprint density at radius 2 is 1.91 bits per heavy atom. The first-order valence-electron chi connectivity index (χ1n) is 9.95. The summed E-state index contributed by atoms with van der Waals surface area (Å²) < 4.78 is 11.3. The Hall–Kier alpha value is -2.41. The zero-order valence-corrected chi connectivity index (χ0v) is 20.9. The lowest BCUT2D eigenvalue weighted by atomic mass is 10.1. The Morgan fingerprint density at radius 3 is 2.62 bits per heavy atom. The van der Waals surface area contributed by atoms with E-state index in [2.05, 4.69) is 33.4 Å². The van der Waals surface area contributed by atoms with E-state index in [4.69, 9.17) is 21.1 Å². The number of carbonyl (C=O) groups excluding carboxylic acids is 1. The number of rotatable bonds is 9. The third kappa shape index (κ3) is 6.79. The van der Waals surface area contributed by atoms with E-state index in [-0.39, 0.29) is 5.97 Å². The molecule has 32 heavy (non-hydrogen) atoms. The number of ether oxygens (including phenoxy) is 2. The first-order chi connectivity index (χ1) is 15.5. The van der Waals surface area contributed by atoms with Crippen LogP contribution in [0.5, 0.6) is 5.75 Å². The molecule has 0 heterocycles. The third-order valence-electron chi connectivity index (χ3n) is 4.47. The van der Waals surface area contributed by atoms with Gasteiger partial charge < -0.3 is 14.8 Å². The molecule has 4 nitrogen and oxygen atoms in total. The van der Waals surface area contributed by atoms with Gasteiger partial charge in [0.1, 0.15) is 5.75 Å². The highest BCUT2D eigenvalue weighted by Gasteiger charge is 2.11. The lowest BCUT2D eigenvalue weighted by molar-refractivity contribution is -0.137. The molecule has 3 aromatic rings. The lowest BCUT2D eigenvalue weighted by Crippen LogP contribution is -2.00. The van der Waals surface area contributed by atoms with Crippen LogP contribution in [-0.4, -0.2) is 19.7 Å². The molecule has 0 atom stereocenters. The predicted octanol–water partition coefficient (Wildman–Crippen LogP) is 7.72. The Bertz CT molecular complexity index is 1110. The van der Waals surface area contributed by atoms with Crippen molar-refractivity contribution in [3.8, 4) is 5.75 Å². The number of nitrogens with one attached hydrogen (secondary N) is 1. The van der Waals surface area contributed by atoms with Crippen LogP contribution in [0.25, 0.3) is 6.08 Å². The van der Waals surface area contributed by atoms with E-state index in [0.717, 1.165) is 32.1 Å². The van der Waals surface area contributed by atoms with Crippen LogP contribution in [0.15, 0.2) is 76.1 Å². The average Bonchev–Trinajstić information content (AvgIpc) is 2.80. The quantitative estimate of drug-likeness (QED) is 0.174. The standard InChI is InChI=1S/C25H23BrClNO3S/c1-3-31-25(29)12-9-18-13-19(32-16-17-7-5-4-6-8-17)10-11-22(18)28-23-15-21(27)20(26)14-24(23)30-2/h4-15,28H,3,16H2,1-2H3. The van der Waals surface area contributed by atoms with Crippen molar-refractivity contribution in [1.82, 2.24) is 0 Å². The Labute approximate surface area is 206 Å². The lowest BCUT2D eigenvalue weighted by Gasteiger charge is -2.15. The maximum absolute atomic E-state index is 11.9. The summed E-state index contributed by atoms with van der Waals surface area (Å²) >= 11 is 11.4. The van der Waals surface area contributed by atoms with Gasteiger partial charge in [-0.25, -0.2) is 4.79 Å². The molecular formula is C25H23BrClNO3S. The molecule has 166 valence electrons. The van der Waals surface area contributed by atoms with Gasteiger partial charge in [0.05, 0.1) is 24.4 Å². The Balaban J connectivity index is 1.90. The van der Waals surface area contributed by atoms with Crippen LogP contribution in [0, 0.1) is 0 Å². The largest absolute Gasteiger partial charge is 0.495 e. The van der Waals surface area contributed by atoms with Crippen LogP contribution in [0.4, 0.5) is 11.4 Å². The van der Waals surface area contributed by atoms with Gasteiger partial charge in [0.25, 0.3) is 0 Å². The van der Waals surface area contributed by atoms with E-state index in [9.17, 15) is 4.79 Å². The van der Waals surface area contributed by atoms with Crippen molar-refractivity contribution < 1.29 is 14.3 Å². The number of benzene rings is 3. The Morgan fingerprint density at radius 1 is 1.12 bits per heavy atom. The molecule has 0 spiro atoms. The van der Waals surface area contributed by atoms with E-state index in [0.29, 0.717) is 17.4 Å². The van der Waals surface area contributed by atoms with Gasteiger partial charge in [0.15, 0.2) is 0 Å². The maximum Gasteiger partial charge on any atom is 0.330 e. The van der Waals surface area contributed by atoms with Crippen molar-refractivity contribution in [3.63, 3.8) is 0 Å². The van der Waals surface area contributed by atoms with Gasteiger partial charge in [-0.2, -0.15) is 0 Å². The zero-order valence-electron chi connectivity index (χ0n) is 17.7. The van der Waals surface area contributed by atoms with Crippen LogP contribution in [0.2, 0.25) is 5.02 Å². The van der Waals surface area contributed by atoms with Crippen LogP contribution in [0.1, 0.15) is 18.1 Å². The number of thioether (sulfide) groups is 1. The summed E-state index contributed by atoms with van der Waals surface area (Å²) in [5, 5.41) is 3.94. The van der Waals surface area contributed by atoms with E-state index >= 15 is 0 Å². The average molecular weight is 533 g/mol. The summed E-state index contributed by atoms with van der Waals surface area (Å²) in [6.45, 7) is 2.11. The molecule has 1 N–H and O–H groups in total. The van der Waals surface area contributed by atoms with Crippen molar-refractivity contribution in [2.75, 3.05) is 19.0 Å². The molecule has 0 saturated heterocycles. The summed E-state index contributed by atoms with van der Waals surface area (Å²) in [7, 11) is 1.60. The molecule has 7 heteroatoms. The minimum atomic E-state index is -0.384. The summed E-state index contributed by atoms with van der Waals surface area (Å²) in [6, 6.07) is 20.0. The molecule has 0 aliphatic heterocycles. The summed E-state index contributed by atoms with van der Waals surface area (Å²) in [4.78, 5) is 13.0. The van der Waals surface area contributed by atoms with E-state index < -0.39 is 0 Å². The molecule has 0 aliphatic carbocycles. The zero-order chi connectivity index (χ0) is 22.9. The van der Waals surface area contributed by atoms with Gasteiger partial charge in [-0.3, -0.25) is 0 Å². The fourth-order valence-electron chi connectivity index (χ4n) is 2.91. The number of anilines is 2. The minimum Gasteiger partial charge on any atom is -0.495 e. The van der Waals surface area contributed by atoms with E-state index in [1.54, 1.807) is 37.9 Å². The van der Waals surface area contributed by atoms with Crippen LogP contribution in [0.3, 0.4) is 0 Å². The van der Waals surface area contributed by atoms with Crippen molar-refractivity contribution in [3.05, 3.63) is 87.4 Å². The second-order valence-electron chi connectivity index (χ2n) is 6.70. The van der Waals surface area contributed by atoms with Crippen molar-refractivity contribution >= 4 is 62.7 Å². The van der Waals surface area contributed by atoms with E-state index in [1.165, 1.54) is 11.6 Å². The van der Waals surface area contributed by atoms with Crippen LogP contribution in [-0.2, 0) is 15.3 Å². The highest BCUT2D eigenvalue weighted by atomic mass is 79.9. The second kappa shape index (κ2) is 12.0. The SMILES string of the molecule is CCOC(=O)C=Cc1cc(SCc2ccccc2)ccc1Nc1cc(Cl)c(Br)cc1OC. The van der Waals surface area contributed by atoms with Gasteiger partial charge in [-0.1, -0.05) is 41.9 Å². The number of halogens is 2. The molecule has 0 aliphatic rings. The van der Waals surface area contributed by atoms with Gasteiger partial charge in [-0.15, -0.1) is 11.8 Å². The summed E-state index contributed by atoms with van der Waals surface area (Å²) in [5.74, 6) is 1.11. The van der Waals surface area contributed by atoms with Gasteiger partial charge >= 0.3 is 5.97 Å². The van der Waals surface area contributed by atoms with Crippen molar-refractivity contribution in [2.24, 2.45) is 0 Å². The van der Waals surface area contributed by atoms with E-state index in [1.807, 2.05) is 42.5 Å². The molecule has 3 rings (SSSR count). The van der Waals surface area contributed by atoms with Gasteiger partial charge in [-0.05, 0) is 70.4 Å². The number of hydrogen-bond acceptors (Lipinski definition) is 5. The molecule has 0 amide bonds. The Kier molecular flexibility index (Phi) is 9.09. The minimum absolute atomic E-state index is 0.329. The first-order valence-corrected chi connectivity index (χ1v) is 12.1. The topological polar surface area (TPSA) is 47.6 Å². The highest BCUT2D eigenvalue weighted by Crippen LogP contribution is 2.37. The molecule has 0 bridgehead atoms. The van der Waals surface area contributed by atoms with Crippen molar-refractivity contribution in [2.45, 2.75) is 17.6 Å². The van der Waals surface area contributed by atoms with Gasteiger partial charge in [0, 0.05) is 26.9 Å². The third-order valence-corrected chi connectivity index (χ3v) is 6.73. The number of esters is 1. The molecular weight excluding hydrogens is 510 g/mol. The first kappa shape index (κ1) is 24.2.